The van der Waals surface area contributed by atoms with E-state index in [1.807, 2.05) is 0 Å². The first-order valence-electron chi connectivity index (χ1n) is 14.4. The standard InChI is InChI=1S/C32H48O5/c1-19(17-22(37-21(3)33)18-20(2)28(35)36)23-11-15-32(8)25-9-10-26-29(4,5)27(34)13-14-30(26,6)24(25)12-16-31(23,32)7/h12,18-19,22-23,25-26H,9-11,13-17H2,1-8H3,(H,35,36)/b20-18+/t19-,22-,23-,25?,26+,30-,31-,32+/m1/s1. The van der Waals surface area contributed by atoms with Gasteiger partial charge in [-0.05, 0) is 97.9 Å². The summed E-state index contributed by atoms with van der Waals surface area (Å²) in [5.74, 6) is 0.813. The van der Waals surface area contributed by atoms with Crippen molar-refractivity contribution in [1.29, 1.82) is 0 Å². The van der Waals surface area contributed by atoms with Crippen LogP contribution in [0.1, 0.15) is 107 Å². The lowest BCUT2D eigenvalue weighted by Crippen LogP contribution is -2.56. The van der Waals surface area contributed by atoms with Crippen LogP contribution in [0.2, 0.25) is 0 Å². The largest absolute Gasteiger partial charge is 0.478 e. The first kappa shape index (κ1) is 28.1. The highest BCUT2D eigenvalue weighted by Crippen LogP contribution is 2.72. The fraction of sp³-hybridized carbons (Fsp3) is 0.781. The summed E-state index contributed by atoms with van der Waals surface area (Å²) in [6.07, 6.45) is 11.6. The van der Waals surface area contributed by atoms with Gasteiger partial charge in [-0.1, -0.05) is 53.2 Å². The number of carboxylic acids is 1. The van der Waals surface area contributed by atoms with E-state index in [2.05, 4.69) is 47.6 Å². The molecule has 0 heterocycles. The van der Waals surface area contributed by atoms with Crippen molar-refractivity contribution in [3.63, 3.8) is 0 Å². The topological polar surface area (TPSA) is 80.7 Å². The minimum atomic E-state index is -0.980. The van der Waals surface area contributed by atoms with Gasteiger partial charge in [-0.2, -0.15) is 0 Å². The number of ketones is 1. The van der Waals surface area contributed by atoms with Crippen LogP contribution in [-0.4, -0.2) is 28.9 Å². The molecular weight excluding hydrogens is 464 g/mol. The maximum atomic E-state index is 12.9. The molecule has 5 heteroatoms. The average molecular weight is 513 g/mol. The van der Waals surface area contributed by atoms with Crippen LogP contribution in [0.15, 0.2) is 23.3 Å². The Morgan fingerprint density at radius 2 is 1.76 bits per heavy atom. The van der Waals surface area contributed by atoms with E-state index >= 15 is 0 Å². The molecule has 0 aromatic carbocycles. The minimum absolute atomic E-state index is 0.105. The van der Waals surface area contributed by atoms with E-state index in [0.717, 1.165) is 32.1 Å². The number of rotatable bonds is 6. The Kier molecular flexibility index (Phi) is 7.12. The number of ether oxygens (including phenoxy) is 1. The number of carbonyl (C=O) groups is 3. The van der Waals surface area contributed by atoms with Gasteiger partial charge in [0.1, 0.15) is 11.9 Å². The van der Waals surface area contributed by atoms with Crippen LogP contribution in [-0.2, 0) is 19.1 Å². The van der Waals surface area contributed by atoms with E-state index in [0.29, 0.717) is 42.3 Å². The third kappa shape index (κ3) is 4.33. The lowest BCUT2D eigenvalue weighted by Gasteiger charge is -2.63. The molecule has 0 aliphatic heterocycles. The van der Waals surface area contributed by atoms with Gasteiger partial charge < -0.3 is 9.84 Å². The molecule has 0 saturated heterocycles. The van der Waals surface area contributed by atoms with Crippen molar-refractivity contribution in [3.8, 4) is 0 Å². The molecule has 4 aliphatic carbocycles. The molecule has 0 amide bonds. The average Bonchev–Trinajstić information content (AvgIpc) is 3.07. The molecule has 0 radical (unpaired) electrons. The molecule has 5 nitrogen and oxygen atoms in total. The number of Topliss-reactive ketones (excluding diaryl/α,β-unsaturated/α-hetero) is 1. The quantitative estimate of drug-likeness (QED) is 0.232. The Hall–Kier alpha value is -1.91. The molecular formula is C32H48O5. The highest BCUT2D eigenvalue weighted by molar-refractivity contribution is 5.86. The van der Waals surface area contributed by atoms with Crippen LogP contribution in [0, 0.1) is 45.3 Å². The number of fused-ring (bicyclic) bond motifs is 5. The van der Waals surface area contributed by atoms with Crippen molar-refractivity contribution in [2.24, 2.45) is 45.3 Å². The Bertz CT molecular complexity index is 1040. The van der Waals surface area contributed by atoms with Crippen molar-refractivity contribution < 1.29 is 24.2 Å². The smallest absolute Gasteiger partial charge is 0.331 e. The molecule has 0 spiro atoms. The van der Waals surface area contributed by atoms with Crippen molar-refractivity contribution in [2.75, 3.05) is 0 Å². The van der Waals surface area contributed by atoms with Crippen molar-refractivity contribution in [2.45, 2.75) is 113 Å². The fourth-order valence-electron chi connectivity index (χ4n) is 9.73. The Morgan fingerprint density at radius 1 is 1.08 bits per heavy atom. The maximum absolute atomic E-state index is 12.9. The van der Waals surface area contributed by atoms with Gasteiger partial charge in [0.25, 0.3) is 0 Å². The summed E-state index contributed by atoms with van der Waals surface area (Å²) in [6.45, 7) is 17.0. The number of carboxylic acid groups (broad SMARTS) is 1. The molecule has 37 heavy (non-hydrogen) atoms. The normalized spacial score (nSPS) is 40.5. The molecule has 3 saturated carbocycles. The molecule has 0 bridgehead atoms. The predicted octanol–water partition coefficient (Wildman–Crippen LogP) is 7.15. The number of aliphatic carboxylic acids is 1. The zero-order valence-corrected chi connectivity index (χ0v) is 24.3. The van der Waals surface area contributed by atoms with E-state index in [1.54, 1.807) is 18.6 Å². The van der Waals surface area contributed by atoms with Gasteiger partial charge in [0.2, 0.25) is 0 Å². The first-order chi connectivity index (χ1) is 17.1. The van der Waals surface area contributed by atoms with Crippen LogP contribution in [0.5, 0.6) is 0 Å². The zero-order chi connectivity index (χ0) is 27.6. The Labute approximate surface area is 223 Å². The van der Waals surface area contributed by atoms with E-state index in [4.69, 9.17) is 4.74 Å². The summed E-state index contributed by atoms with van der Waals surface area (Å²) >= 11 is 0. The van der Waals surface area contributed by atoms with Crippen LogP contribution >= 0.6 is 0 Å². The van der Waals surface area contributed by atoms with E-state index in [-0.39, 0.29) is 33.2 Å². The molecule has 4 aliphatic rings. The van der Waals surface area contributed by atoms with Crippen LogP contribution in [0.4, 0.5) is 0 Å². The van der Waals surface area contributed by atoms with Gasteiger partial charge in [0.15, 0.2) is 0 Å². The second-order valence-electron chi connectivity index (χ2n) is 14.1. The Morgan fingerprint density at radius 3 is 2.38 bits per heavy atom. The number of allylic oxidation sites excluding steroid dienone is 2. The zero-order valence-electron chi connectivity index (χ0n) is 24.3. The van der Waals surface area contributed by atoms with Crippen LogP contribution in [0.3, 0.4) is 0 Å². The first-order valence-corrected chi connectivity index (χ1v) is 14.4. The van der Waals surface area contributed by atoms with Crippen molar-refractivity contribution in [1.82, 2.24) is 0 Å². The molecule has 0 aromatic heterocycles. The predicted molar refractivity (Wildman–Crippen MR) is 145 cm³/mol. The van der Waals surface area contributed by atoms with Gasteiger partial charge in [0, 0.05) is 24.3 Å². The molecule has 1 N–H and O–H groups in total. The summed E-state index contributed by atoms with van der Waals surface area (Å²) in [7, 11) is 0. The summed E-state index contributed by atoms with van der Waals surface area (Å²) in [4.78, 5) is 36.1. The molecule has 0 aromatic rings. The third-order valence-electron chi connectivity index (χ3n) is 12.0. The summed E-state index contributed by atoms with van der Waals surface area (Å²) in [6, 6.07) is 0. The third-order valence-corrected chi connectivity index (χ3v) is 12.0. The highest BCUT2D eigenvalue weighted by atomic mass is 16.5. The van der Waals surface area contributed by atoms with Crippen molar-refractivity contribution in [3.05, 3.63) is 23.3 Å². The molecule has 8 atom stereocenters. The lowest BCUT2D eigenvalue weighted by molar-refractivity contribution is -0.146. The van der Waals surface area contributed by atoms with E-state index in [9.17, 15) is 19.5 Å². The van der Waals surface area contributed by atoms with Gasteiger partial charge in [-0.25, -0.2) is 4.79 Å². The Balaban J connectivity index is 1.62. The monoisotopic (exact) mass is 512 g/mol. The molecule has 206 valence electrons. The van der Waals surface area contributed by atoms with Gasteiger partial charge in [-0.15, -0.1) is 0 Å². The number of hydrogen-bond acceptors (Lipinski definition) is 4. The molecule has 3 fully saturated rings. The second kappa shape index (κ2) is 9.38. The van der Waals surface area contributed by atoms with Gasteiger partial charge >= 0.3 is 11.9 Å². The maximum Gasteiger partial charge on any atom is 0.331 e. The molecule has 4 rings (SSSR count). The van der Waals surface area contributed by atoms with Crippen LogP contribution in [0.25, 0.3) is 0 Å². The lowest BCUT2D eigenvalue weighted by atomic mass is 9.41. The summed E-state index contributed by atoms with van der Waals surface area (Å²) < 4.78 is 5.56. The minimum Gasteiger partial charge on any atom is -0.478 e. The van der Waals surface area contributed by atoms with Gasteiger partial charge in [0.05, 0.1) is 0 Å². The SMILES string of the molecule is CC(=O)O[C@@H](/C=C(\C)C(=O)O)C[C@@H](C)[C@H]1CC[C@@]2(C)C3CC[C@H]4C(C)(C)C(=O)CC[C@]4(C)C3=CC[C@]12C. The number of esters is 1. The highest BCUT2D eigenvalue weighted by Gasteiger charge is 2.65. The summed E-state index contributed by atoms with van der Waals surface area (Å²) in [5.41, 5.74) is 2.03. The number of carbonyl (C=O) groups excluding carboxylic acids is 2. The van der Waals surface area contributed by atoms with Crippen molar-refractivity contribution >= 4 is 17.7 Å². The van der Waals surface area contributed by atoms with Gasteiger partial charge in [-0.3, -0.25) is 9.59 Å². The van der Waals surface area contributed by atoms with E-state index in [1.165, 1.54) is 13.3 Å². The second-order valence-corrected chi connectivity index (χ2v) is 14.1. The summed E-state index contributed by atoms with van der Waals surface area (Å²) in [5, 5.41) is 9.37. The number of hydrogen-bond donors (Lipinski definition) is 1. The van der Waals surface area contributed by atoms with Crippen LogP contribution < -0.4 is 0 Å². The van der Waals surface area contributed by atoms with E-state index < -0.39 is 12.1 Å². The molecule has 1 unspecified atom stereocenters. The fourth-order valence-corrected chi connectivity index (χ4v) is 9.73.